The van der Waals surface area contributed by atoms with Crippen molar-refractivity contribution in [1.29, 1.82) is 0 Å². The molecule has 2 heterocycles. The van der Waals surface area contributed by atoms with Crippen LogP contribution in [-0.2, 0) is 0 Å². The second-order valence-corrected chi connectivity index (χ2v) is 6.26. The Morgan fingerprint density at radius 1 is 1.37 bits per heavy atom. The molecular weight excluding hydrogens is 236 g/mol. The third kappa shape index (κ3) is 3.21. The van der Waals surface area contributed by atoms with Crippen molar-refractivity contribution in [3.63, 3.8) is 0 Å². The highest BCUT2D eigenvalue weighted by molar-refractivity contribution is 5.10. The highest BCUT2D eigenvalue weighted by Gasteiger charge is 2.35. The van der Waals surface area contributed by atoms with Crippen LogP contribution in [0.5, 0.6) is 0 Å². The van der Waals surface area contributed by atoms with Crippen LogP contribution in [0, 0.1) is 12.8 Å². The molecule has 3 heteroatoms. The summed E-state index contributed by atoms with van der Waals surface area (Å²) in [6.45, 7) is 7.94. The Kier molecular flexibility index (Phi) is 3.94. The predicted octanol–water partition coefficient (Wildman–Crippen LogP) is 3.11. The maximum Gasteiger partial charge on any atom is 0.121 e. The van der Waals surface area contributed by atoms with Crippen LogP contribution in [0.4, 0.5) is 0 Å². The molecule has 1 aromatic heterocycles. The monoisotopic (exact) mass is 262 g/mol. The number of nitrogens with zero attached hydrogens (tertiary/aromatic N) is 1. The number of furan rings is 1. The molecule has 3 rings (SSSR count). The van der Waals surface area contributed by atoms with Gasteiger partial charge in [0.25, 0.3) is 0 Å². The molecule has 2 atom stereocenters. The van der Waals surface area contributed by atoms with Crippen molar-refractivity contribution < 1.29 is 4.42 Å². The first-order valence-electron chi connectivity index (χ1n) is 7.77. The summed E-state index contributed by atoms with van der Waals surface area (Å²) >= 11 is 0. The van der Waals surface area contributed by atoms with E-state index in [2.05, 4.69) is 29.3 Å². The van der Waals surface area contributed by atoms with Crippen molar-refractivity contribution in [3.8, 4) is 0 Å². The van der Waals surface area contributed by atoms with Crippen molar-refractivity contribution in [3.05, 3.63) is 23.7 Å². The van der Waals surface area contributed by atoms with E-state index in [1.807, 2.05) is 6.92 Å². The van der Waals surface area contributed by atoms with Crippen molar-refractivity contribution >= 4 is 0 Å². The zero-order valence-electron chi connectivity index (χ0n) is 12.2. The van der Waals surface area contributed by atoms with E-state index >= 15 is 0 Å². The fourth-order valence-corrected chi connectivity index (χ4v) is 3.25. The van der Waals surface area contributed by atoms with Gasteiger partial charge in [0.2, 0.25) is 0 Å². The fraction of sp³-hybridized carbons (Fsp3) is 0.750. The quantitative estimate of drug-likeness (QED) is 0.884. The highest BCUT2D eigenvalue weighted by atomic mass is 16.3. The van der Waals surface area contributed by atoms with Crippen LogP contribution >= 0.6 is 0 Å². The molecule has 1 N–H and O–H groups in total. The largest absolute Gasteiger partial charge is 0.465 e. The molecular formula is C16H26N2O. The topological polar surface area (TPSA) is 28.4 Å². The van der Waals surface area contributed by atoms with E-state index in [0.29, 0.717) is 6.04 Å². The molecule has 2 fully saturated rings. The predicted molar refractivity (Wildman–Crippen MR) is 77.2 cm³/mol. The minimum absolute atomic E-state index is 0.420. The first kappa shape index (κ1) is 13.2. The first-order valence-corrected chi connectivity index (χ1v) is 7.77. The summed E-state index contributed by atoms with van der Waals surface area (Å²) in [6.07, 6.45) is 5.44. The number of nitrogens with one attached hydrogen (secondary N) is 1. The summed E-state index contributed by atoms with van der Waals surface area (Å²) in [5.74, 6) is 2.97. The SMILES string of the molecule is Cc1ccc(C(C)N(CC2CCCNC2)C2CC2)o1. The number of piperidine rings is 1. The van der Waals surface area contributed by atoms with Crippen LogP contribution in [0.2, 0.25) is 0 Å². The van der Waals surface area contributed by atoms with Crippen molar-refractivity contribution in [1.82, 2.24) is 10.2 Å². The normalized spacial score (nSPS) is 25.7. The lowest BCUT2D eigenvalue weighted by atomic mass is 9.98. The molecule has 1 aliphatic heterocycles. The number of hydrogen-bond acceptors (Lipinski definition) is 3. The van der Waals surface area contributed by atoms with Gasteiger partial charge in [-0.3, -0.25) is 4.90 Å². The number of hydrogen-bond donors (Lipinski definition) is 1. The molecule has 1 aromatic rings. The Morgan fingerprint density at radius 3 is 2.79 bits per heavy atom. The fourth-order valence-electron chi connectivity index (χ4n) is 3.25. The third-order valence-electron chi connectivity index (χ3n) is 4.55. The molecule has 1 aliphatic carbocycles. The standard InChI is InChI=1S/C16H26N2O/c1-12-5-8-16(19-12)13(2)18(15-6-7-15)11-14-4-3-9-17-10-14/h5,8,13-15,17H,3-4,6-7,9-11H2,1-2H3. The van der Waals surface area contributed by atoms with E-state index in [-0.39, 0.29) is 0 Å². The van der Waals surface area contributed by atoms with E-state index in [1.165, 1.54) is 45.3 Å². The smallest absolute Gasteiger partial charge is 0.121 e. The average molecular weight is 262 g/mol. The Balaban J connectivity index is 1.66. The van der Waals surface area contributed by atoms with Gasteiger partial charge >= 0.3 is 0 Å². The van der Waals surface area contributed by atoms with Gasteiger partial charge in [0, 0.05) is 12.6 Å². The molecule has 106 valence electrons. The molecule has 0 aromatic carbocycles. The lowest BCUT2D eigenvalue weighted by Crippen LogP contribution is -2.40. The first-order chi connectivity index (χ1) is 9.24. The van der Waals surface area contributed by atoms with Gasteiger partial charge in [0.15, 0.2) is 0 Å². The zero-order chi connectivity index (χ0) is 13.2. The van der Waals surface area contributed by atoms with Crippen LogP contribution in [0.3, 0.4) is 0 Å². The van der Waals surface area contributed by atoms with E-state index in [1.54, 1.807) is 0 Å². The molecule has 1 saturated carbocycles. The molecule has 2 unspecified atom stereocenters. The summed E-state index contributed by atoms with van der Waals surface area (Å²) in [5, 5.41) is 3.53. The van der Waals surface area contributed by atoms with Gasteiger partial charge in [-0.2, -0.15) is 0 Å². The molecule has 1 saturated heterocycles. The average Bonchev–Trinajstić information content (AvgIpc) is 3.18. The van der Waals surface area contributed by atoms with Gasteiger partial charge in [-0.1, -0.05) is 0 Å². The van der Waals surface area contributed by atoms with E-state index in [9.17, 15) is 0 Å². The summed E-state index contributed by atoms with van der Waals surface area (Å²) in [6, 6.07) is 5.44. The van der Waals surface area contributed by atoms with Crippen LogP contribution < -0.4 is 5.32 Å². The van der Waals surface area contributed by atoms with Crippen LogP contribution in [0.15, 0.2) is 16.5 Å². The third-order valence-corrected chi connectivity index (χ3v) is 4.55. The number of rotatable bonds is 5. The van der Waals surface area contributed by atoms with E-state index in [0.717, 1.165) is 23.5 Å². The summed E-state index contributed by atoms with van der Waals surface area (Å²) < 4.78 is 5.84. The van der Waals surface area contributed by atoms with Crippen LogP contribution in [-0.4, -0.2) is 30.6 Å². The Morgan fingerprint density at radius 2 is 2.21 bits per heavy atom. The zero-order valence-corrected chi connectivity index (χ0v) is 12.2. The Hall–Kier alpha value is -0.800. The minimum Gasteiger partial charge on any atom is -0.465 e. The molecule has 3 nitrogen and oxygen atoms in total. The van der Waals surface area contributed by atoms with Crippen LogP contribution in [0.1, 0.15) is 50.2 Å². The number of aryl methyl sites for hydroxylation is 1. The van der Waals surface area contributed by atoms with Crippen molar-refractivity contribution in [2.24, 2.45) is 5.92 Å². The summed E-state index contributed by atoms with van der Waals surface area (Å²) in [5.41, 5.74) is 0. The second-order valence-electron chi connectivity index (χ2n) is 6.26. The van der Waals surface area contributed by atoms with Gasteiger partial charge in [0.1, 0.15) is 11.5 Å². The highest BCUT2D eigenvalue weighted by Crippen LogP contribution is 2.36. The molecule has 0 radical (unpaired) electrons. The van der Waals surface area contributed by atoms with Gasteiger partial charge in [-0.25, -0.2) is 0 Å². The van der Waals surface area contributed by atoms with Gasteiger partial charge < -0.3 is 9.73 Å². The lowest BCUT2D eigenvalue weighted by Gasteiger charge is -2.33. The van der Waals surface area contributed by atoms with Gasteiger partial charge in [-0.15, -0.1) is 0 Å². The lowest BCUT2D eigenvalue weighted by molar-refractivity contribution is 0.138. The summed E-state index contributed by atoms with van der Waals surface area (Å²) in [7, 11) is 0. The maximum absolute atomic E-state index is 5.84. The Labute approximate surface area is 116 Å². The molecule has 0 spiro atoms. The van der Waals surface area contributed by atoms with Crippen molar-refractivity contribution in [2.75, 3.05) is 19.6 Å². The van der Waals surface area contributed by atoms with Gasteiger partial charge in [-0.05, 0) is 70.7 Å². The van der Waals surface area contributed by atoms with E-state index in [4.69, 9.17) is 4.42 Å². The minimum atomic E-state index is 0.420. The summed E-state index contributed by atoms with van der Waals surface area (Å²) in [4.78, 5) is 2.68. The molecule has 0 bridgehead atoms. The maximum atomic E-state index is 5.84. The van der Waals surface area contributed by atoms with Crippen molar-refractivity contribution in [2.45, 2.75) is 51.6 Å². The Bertz CT molecular complexity index is 405. The van der Waals surface area contributed by atoms with Gasteiger partial charge in [0.05, 0.1) is 6.04 Å². The molecule has 19 heavy (non-hydrogen) atoms. The molecule has 0 amide bonds. The second kappa shape index (κ2) is 5.68. The van der Waals surface area contributed by atoms with Crippen LogP contribution in [0.25, 0.3) is 0 Å². The van der Waals surface area contributed by atoms with E-state index < -0.39 is 0 Å². The molecule has 2 aliphatic rings.